The molecule has 0 aromatic heterocycles. The Morgan fingerprint density at radius 2 is 2.18 bits per heavy atom. The fraction of sp³-hybridized carbons (Fsp3) is 0.800. The van der Waals surface area contributed by atoms with Gasteiger partial charge < -0.3 is 21.7 Å². The van der Waals surface area contributed by atoms with Gasteiger partial charge in [0.1, 0.15) is 6.04 Å². The molecular weight excluding hydrogens is 284 g/mol. The average molecular weight is 308 g/mol. The number of carbonyl (C=O) groups is 3. The lowest BCUT2D eigenvalue weighted by Crippen LogP contribution is -2.52. The summed E-state index contributed by atoms with van der Waals surface area (Å²) in [6, 6.07) is -1.05. The van der Waals surface area contributed by atoms with Gasteiger partial charge in [0.2, 0.25) is 17.7 Å². The van der Waals surface area contributed by atoms with E-state index in [9.17, 15) is 14.4 Å². The Morgan fingerprint density at radius 3 is 2.68 bits per heavy atom. The van der Waals surface area contributed by atoms with Crippen molar-refractivity contribution in [1.29, 1.82) is 0 Å². The molecule has 0 unspecified atom stereocenters. The van der Waals surface area contributed by atoms with E-state index in [1.54, 1.807) is 0 Å². The molecule has 7 heteroatoms. The van der Waals surface area contributed by atoms with Gasteiger partial charge in [-0.1, -0.05) is 13.8 Å². The number of carbonyl (C=O) groups excluding carboxylic acids is 3. The summed E-state index contributed by atoms with van der Waals surface area (Å²) in [5.41, 5.74) is 5.58. The monoisotopic (exact) mass is 308 g/mol. The van der Waals surface area contributed by atoms with Gasteiger partial charge >= 0.3 is 0 Å². The predicted molar refractivity (Wildman–Crippen MR) is 79.4 cm³/mol. The van der Waals surface area contributed by atoms with E-state index in [1.165, 1.54) is 0 Å². The largest absolute Gasteiger partial charge is 0.368 e. The SMILES string of the molecule is CC1(C)[C@@H]2[C@@H](C(=O)N[C@@H](C[C@@H]3CCNC3=O)C(N)=O)NC[C@@H]21. The number of primary amides is 1. The molecule has 3 rings (SSSR count). The van der Waals surface area contributed by atoms with Crippen molar-refractivity contribution >= 4 is 17.7 Å². The molecule has 2 heterocycles. The van der Waals surface area contributed by atoms with Crippen LogP contribution >= 0.6 is 0 Å². The first kappa shape index (κ1) is 15.3. The van der Waals surface area contributed by atoms with Crippen molar-refractivity contribution in [2.75, 3.05) is 13.1 Å². The van der Waals surface area contributed by atoms with Crippen LogP contribution in [0.5, 0.6) is 0 Å². The summed E-state index contributed by atoms with van der Waals surface area (Å²) in [4.78, 5) is 35.7. The smallest absolute Gasteiger partial charge is 0.240 e. The number of piperidine rings is 1. The van der Waals surface area contributed by atoms with E-state index in [-0.39, 0.29) is 35.6 Å². The summed E-state index contributed by atoms with van der Waals surface area (Å²) in [5, 5.41) is 8.69. The minimum atomic E-state index is -0.788. The number of rotatable bonds is 5. The van der Waals surface area contributed by atoms with Gasteiger partial charge in [-0.25, -0.2) is 0 Å². The zero-order chi connectivity index (χ0) is 16.1. The molecule has 7 nitrogen and oxygen atoms in total. The van der Waals surface area contributed by atoms with Crippen LogP contribution in [0.25, 0.3) is 0 Å². The van der Waals surface area contributed by atoms with E-state index in [2.05, 4.69) is 29.8 Å². The van der Waals surface area contributed by atoms with Gasteiger partial charge in [0, 0.05) is 12.5 Å². The van der Waals surface area contributed by atoms with Gasteiger partial charge in [0.25, 0.3) is 0 Å². The van der Waals surface area contributed by atoms with E-state index in [1.807, 2.05) is 0 Å². The highest BCUT2D eigenvalue weighted by molar-refractivity contribution is 5.90. The zero-order valence-corrected chi connectivity index (χ0v) is 13.0. The van der Waals surface area contributed by atoms with Crippen LogP contribution in [0, 0.1) is 23.2 Å². The Morgan fingerprint density at radius 1 is 1.45 bits per heavy atom. The lowest BCUT2D eigenvalue weighted by atomic mass is 9.97. The maximum absolute atomic E-state index is 12.5. The molecule has 5 atom stereocenters. The third-order valence-corrected chi connectivity index (χ3v) is 5.68. The summed E-state index contributed by atoms with van der Waals surface area (Å²) in [6.07, 6.45) is 0.953. The number of fused-ring (bicyclic) bond motifs is 1. The van der Waals surface area contributed by atoms with Crippen LogP contribution in [-0.2, 0) is 14.4 Å². The highest BCUT2D eigenvalue weighted by Crippen LogP contribution is 2.62. The van der Waals surface area contributed by atoms with E-state index in [4.69, 9.17) is 5.73 Å². The fourth-order valence-corrected chi connectivity index (χ4v) is 4.14. The summed E-state index contributed by atoms with van der Waals surface area (Å²) >= 11 is 0. The van der Waals surface area contributed by atoms with Gasteiger partial charge in [0.15, 0.2) is 0 Å². The van der Waals surface area contributed by atoms with Gasteiger partial charge in [0.05, 0.1) is 6.04 Å². The second kappa shape index (κ2) is 5.22. The van der Waals surface area contributed by atoms with Crippen molar-refractivity contribution in [2.24, 2.45) is 28.9 Å². The number of hydrogen-bond acceptors (Lipinski definition) is 4. The molecule has 22 heavy (non-hydrogen) atoms. The van der Waals surface area contributed by atoms with Gasteiger partial charge in [-0.2, -0.15) is 0 Å². The molecule has 122 valence electrons. The molecule has 5 N–H and O–H groups in total. The van der Waals surface area contributed by atoms with Crippen LogP contribution in [0.3, 0.4) is 0 Å². The summed E-state index contributed by atoms with van der Waals surface area (Å²) in [5.74, 6) is -0.244. The highest BCUT2D eigenvalue weighted by Gasteiger charge is 2.65. The van der Waals surface area contributed by atoms with Crippen LogP contribution in [0.2, 0.25) is 0 Å². The Bertz CT molecular complexity index is 519. The summed E-state index contributed by atoms with van der Waals surface area (Å²) in [6.45, 7) is 5.78. The number of amides is 3. The lowest BCUT2D eigenvalue weighted by molar-refractivity contribution is -0.130. The van der Waals surface area contributed by atoms with Gasteiger partial charge in [-0.15, -0.1) is 0 Å². The molecule has 0 bridgehead atoms. The molecule has 3 aliphatic rings. The van der Waals surface area contributed by atoms with Gasteiger partial charge in [-0.3, -0.25) is 14.4 Å². The fourth-order valence-electron chi connectivity index (χ4n) is 4.14. The first-order valence-electron chi connectivity index (χ1n) is 7.93. The second-order valence-corrected chi connectivity index (χ2v) is 7.32. The van der Waals surface area contributed by atoms with Crippen molar-refractivity contribution in [1.82, 2.24) is 16.0 Å². The number of hydrogen-bond donors (Lipinski definition) is 4. The highest BCUT2D eigenvalue weighted by atomic mass is 16.2. The minimum Gasteiger partial charge on any atom is -0.368 e. The van der Waals surface area contributed by atoms with Crippen LogP contribution < -0.4 is 21.7 Å². The molecule has 0 radical (unpaired) electrons. The number of nitrogens with one attached hydrogen (secondary N) is 3. The molecule has 0 aromatic carbocycles. The van der Waals surface area contributed by atoms with Crippen LogP contribution in [-0.4, -0.2) is 42.9 Å². The van der Waals surface area contributed by atoms with E-state index in [0.717, 1.165) is 6.54 Å². The van der Waals surface area contributed by atoms with E-state index in [0.29, 0.717) is 24.8 Å². The molecule has 2 aliphatic heterocycles. The van der Waals surface area contributed by atoms with Crippen molar-refractivity contribution in [3.8, 4) is 0 Å². The third kappa shape index (κ3) is 2.47. The van der Waals surface area contributed by atoms with Crippen LogP contribution in [0.1, 0.15) is 26.7 Å². The van der Waals surface area contributed by atoms with Crippen molar-refractivity contribution < 1.29 is 14.4 Å². The molecule has 3 fully saturated rings. The lowest BCUT2D eigenvalue weighted by Gasteiger charge is -2.23. The molecule has 0 aromatic rings. The predicted octanol–water partition coefficient (Wildman–Crippen LogP) is -1.27. The third-order valence-electron chi connectivity index (χ3n) is 5.68. The van der Waals surface area contributed by atoms with E-state index < -0.39 is 11.9 Å². The molecule has 3 amide bonds. The van der Waals surface area contributed by atoms with Crippen molar-refractivity contribution in [3.63, 3.8) is 0 Å². The summed E-state index contributed by atoms with van der Waals surface area (Å²) < 4.78 is 0. The normalized spacial score (nSPS) is 36.4. The minimum absolute atomic E-state index is 0.0668. The van der Waals surface area contributed by atoms with Crippen LogP contribution in [0.15, 0.2) is 0 Å². The van der Waals surface area contributed by atoms with Crippen LogP contribution in [0.4, 0.5) is 0 Å². The van der Waals surface area contributed by atoms with E-state index >= 15 is 0 Å². The van der Waals surface area contributed by atoms with Crippen molar-refractivity contribution in [3.05, 3.63) is 0 Å². The standard InChI is InChI=1S/C15H24N4O3/c1-15(2)8-6-18-11(10(8)15)14(22)19-9(12(16)20)5-7-3-4-17-13(7)21/h7-11,18H,3-6H2,1-2H3,(H2,16,20)(H,17,21)(H,19,22)/t7-,8-,9-,10-,11-/m0/s1. The molecule has 0 spiro atoms. The first-order chi connectivity index (χ1) is 10.3. The molecule has 2 saturated heterocycles. The molecule has 1 saturated carbocycles. The number of nitrogens with two attached hydrogens (primary N) is 1. The molecule has 1 aliphatic carbocycles. The molecular formula is C15H24N4O3. The first-order valence-corrected chi connectivity index (χ1v) is 7.93. The Hall–Kier alpha value is -1.63. The average Bonchev–Trinajstić information content (AvgIpc) is 2.85. The Balaban J connectivity index is 1.60. The maximum Gasteiger partial charge on any atom is 0.240 e. The topological polar surface area (TPSA) is 113 Å². The Labute approximate surface area is 129 Å². The quantitative estimate of drug-likeness (QED) is 0.507. The van der Waals surface area contributed by atoms with Gasteiger partial charge in [-0.05, 0) is 36.6 Å². The second-order valence-electron chi connectivity index (χ2n) is 7.32. The zero-order valence-electron chi connectivity index (χ0n) is 13.0. The maximum atomic E-state index is 12.5. The van der Waals surface area contributed by atoms with Crippen molar-refractivity contribution in [2.45, 2.75) is 38.8 Å². The Kier molecular flexibility index (Phi) is 3.63. The summed E-state index contributed by atoms with van der Waals surface area (Å²) in [7, 11) is 0.